The molecule has 290 valence electrons. The number of aliphatic hydroxyl groups is 1. The Hall–Kier alpha value is -3.42. The van der Waals surface area contributed by atoms with E-state index in [4.69, 9.17) is 10.8 Å². The van der Waals surface area contributed by atoms with E-state index in [1.165, 1.54) is 6.92 Å². The zero-order chi connectivity index (χ0) is 37.9. The summed E-state index contributed by atoms with van der Waals surface area (Å²) in [5, 5.41) is 37.7. The molecule has 11 N–H and O–H groups in total. The fraction of sp³-hybridized carbons (Fsp3) is 0.812. The summed E-state index contributed by atoms with van der Waals surface area (Å²) in [5.41, 5.74) is 5.43. The minimum atomic E-state index is -1.46. The second kappa shape index (κ2) is 28.3. The number of amides is 5. The van der Waals surface area contributed by atoms with Crippen molar-refractivity contribution in [3.8, 4) is 0 Å². The highest BCUT2D eigenvalue weighted by molar-refractivity contribution is 5.95. The van der Waals surface area contributed by atoms with Crippen molar-refractivity contribution in [1.29, 1.82) is 0 Å². The SMILES string of the molecule is C[C@H](NC(=O)[C@H](CCCCNCCCNCCCN(C)C)NC(=O)CN)C(=O)N[C@@H](CO)C(=O)N[C@@H](CCCCN(C)C)C(=O)NCC(=O)O. The van der Waals surface area contributed by atoms with Crippen LogP contribution in [0, 0.1) is 0 Å². The summed E-state index contributed by atoms with van der Waals surface area (Å²) >= 11 is 0. The van der Waals surface area contributed by atoms with Crippen LogP contribution in [0.2, 0.25) is 0 Å². The van der Waals surface area contributed by atoms with Crippen molar-refractivity contribution in [1.82, 2.24) is 47.0 Å². The average Bonchev–Trinajstić information content (AvgIpc) is 3.06. The second-order valence-electron chi connectivity index (χ2n) is 12.8. The van der Waals surface area contributed by atoms with Crippen molar-refractivity contribution in [2.24, 2.45) is 5.73 Å². The largest absolute Gasteiger partial charge is 0.480 e. The van der Waals surface area contributed by atoms with Gasteiger partial charge >= 0.3 is 5.97 Å². The van der Waals surface area contributed by atoms with Gasteiger partial charge in [0.25, 0.3) is 0 Å². The Bertz CT molecular complexity index is 1020. The number of carbonyl (C=O) groups excluding carboxylic acids is 5. The Balaban J connectivity index is 4.96. The van der Waals surface area contributed by atoms with Crippen molar-refractivity contribution < 1.29 is 39.0 Å². The number of nitrogens with two attached hydrogens (primary N) is 1. The molecular formula is C32H64N10O8. The third-order valence-electron chi connectivity index (χ3n) is 7.56. The van der Waals surface area contributed by atoms with E-state index in [1.54, 1.807) is 0 Å². The monoisotopic (exact) mass is 716 g/mol. The Labute approximate surface area is 296 Å². The standard InChI is InChI=1S/C32H64N10O8/c1-23(29(47)40-26(22-43)32(50)39-24(13-7-9-18-41(2)3)30(48)36-21-28(45)46)37-31(49)25(38-27(44)20-33)12-6-8-14-34-15-10-16-35-17-11-19-42(4)5/h23-26,34-35,43H,6-22,33H2,1-5H3,(H,36,48)(H,37,49)(H,38,44)(H,39,50)(H,40,47)(H,45,46)/t23-,24-,25-,26-/m0/s1. The molecule has 50 heavy (non-hydrogen) atoms. The Morgan fingerprint density at radius 3 is 1.68 bits per heavy atom. The first-order valence-electron chi connectivity index (χ1n) is 17.4. The molecule has 0 saturated carbocycles. The van der Waals surface area contributed by atoms with Crippen molar-refractivity contribution in [3.63, 3.8) is 0 Å². The maximum absolute atomic E-state index is 13.1. The zero-order valence-electron chi connectivity index (χ0n) is 30.6. The number of hydrogen-bond donors (Lipinski definition) is 10. The van der Waals surface area contributed by atoms with Crippen LogP contribution >= 0.6 is 0 Å². The van der Waals surface area contributed by atoms with Crippen LogP contribution in [0.1, 0.15) is 58.3 Å². The zero-order valence-corrected chi connectivity index (χ0v) is 30.6. The molecule has 0 aliphatic rings. The van der Waals surface area contributed by atoms with Crippen LogP contribution in [0.3, 0.4) is 0 Å². The van der Waals surface area contributed by atoms with Crippen molar-refractivity contribution in [2.45, 2.75) is 82.5 Å². The van der Waals surface area contributed by atoms with E-state index < -0.39 is 72.8 Å². The number of nitrogens with zero attached hydrogens (tertiary/aromatic N) is 2. The molecule has 0 aliphatic carbocycles. The topological polar surface area (TPSA) is 260 Å². The van der Waals surface area contributed by atoms with Crippen LogP contribution in [0.15, 0.2) is 0 Å². The molecule has 0 aromatic heterocycles. The fourth-order valence-corrected chi connectivity index (χ4v) is 4.70. The third kappa shape index (κ3) is 23.9. The molecule has 0 rings (SSSR count). The summed E-state index contributed by atoms with van der Waals surface area (Å²) in [6.07, 6.45) is 5.21. The maximum atomic E-state index is 13.1. The average molecular weight is 717 g/mol. The summed E-state index contributed by atoms with van der Waals surface area (Å²) in [6.45, 7) is 4.89. The number of carboxylic acids is 1. The van der Waals surface area contributed by atoms with E-state index in [2.05, 4.69) is 56.2 Å². The first-order valence-corrected chi connectivity index (χ1v) is 17.4. The van der Waals surface area contributed by atoms with E-state index in [-0.39, 0.29) is 13.0 Å². The Kier molecular flexibility index (Phi) is 26.4. The minimum absolute atomic E-state index is 0.199. The van der Waals surface area contributed by atoms with Gasteiger partial charge < -0.3 is 63.0 Å². The van der Waals surface area contributed by atoms with E-state index in [0.717, 1.165) is 58.5 Å². The predicted octanol–water partition coefficient (Wildman–Crippen LogP) is -3.48. The summed E-state index contributed by atoms with van der Waals surface area (Å²) < 4.78 is 0. The van der Waals surface area contributed by atoms with Gasteiger partial charge in [-0.15, -0.1) is 0 Å². The molecule has 18 heteroatoms. The Morgan fingerprint density at radius 2 is 1.12 bits per heavy atom. The molecule has 18 nitrogen and oxygen atoms in total. The summed E-state index contributed by atoms with van der Waals surface area (Å²) in [4.78, 5) is 78.6. The highest BCUT2D eigenvalue weighted by Crippen LogP contribution is 2.05. The van der Waals surface area contributed by atoms with Gasteiger partial charge in [-0.05, 0) is 126 Å². The summed E-state index contributed by atoms with van der Waals surface area (Å²) in [7, 11) is 7.89. The molecule has 0 saturated heterocycles. The first kappa shape index (κ1) is 46.6. The molecule has 4 atom stereocenters. The van der Waals surface area contributed by atoms with Gasteiger partial charge in [0.2, 0.25) is 29.5 Å². The van der Waals surface area contributed by atoms with E-state index in [0.29, 0.717) is 25.7 Å². The first-order chi connectivity index (χ1) is 23.7. The van der Waals surface area contributed by atoms with Gasteiger partial charge in [-0.1, -0.05) is 0 Å². The molecule has 0 radical (unpaired) electrons. The van der Waals surface area contributed by atoms with Crippen LogP contribution < -0.4 is 43.0 Å². The summed E-state index contributed by atoms with van der Waals surface area (Å²) in [6, 6.07) is -4.66. The number of unbranched alkanes of at least 4 members (excludes halogenated alkanes) is 2. The Morgan fingerprint density at radius 1 is 0.620 bits per heavy atom. The number of nitrogens with one attached hydrogen (secondary N) is 7. The van der Waals surface area contributed by atoms with Crippen molar-refractivity contribution >= 4 is 35.5 Å². The second-order valence-corrected chi connectivity index (χ2v) is 12.8. The van der Waals surface area contributed by atoms with Gasteiger partial charge in [0.05, 0.1) is 13.2 Å². The summed E-state index contributed by atoms with van der Waals surface area (Å²) in [5.74, 6) is -4.75. The van der Waals surface area contributed by atoms with Crippen molar-refractivity contribution in [2.75, 3.05) is 87.2 Å². The normalized spacial score (nSPS) is 13.6. The number of hydrogen-bond acceptors (Lipinski definition) is 12. The van der Waals surface area contributed by atoms with Gasteiger partial charge in [-0.3, -0.25) is 28.8 Å². The van der Waals surface area contributed by atoms with Crippen LogP contribution in [0.5, 0.6) is 0 Å². The van der Waals surface area contributed by atoms with E-state index in [1.807, 2.05) is 19.0 Å². The minimum Gasteiger partial charge on any atom is -0.480 e. The molecule has 0 spiro atoms. The van der Waals surface area contributed by atoms with Crippen LogP contribution in [-0.4, -0.2) is 167 Å². The maximum Gasteiger partial charge on any atom is 0.322 e. The smallest absolute Gasteiger partial charge is 0.322 e. The molecular weight excluding hydrogens is 652 g/mol. The van der Waals surface area contributed by atoms with Crippen LogP contribution in [0.4, 0.5) is 0 Å². The molecule has 5 amide bonds. The lowest BCUT2D eigenvalue weighted by molar-refractivity contribution is -0.138. The van der Waals surface area contributed by atoms with Crippen LogP contribution in [-0.2, 0) is 28.8 Å². The molecule has 0 aliphatic heterocycles. The number of rotatable bonds is 30. The van der Waals surface area contributed by atoms with Crippen LogP contribution in [0.25, 0.3) is 0 Å². The number of carboxylic acid groups (broad SMARTS) is 1. The molecule has 0 aromatic rings. The van der Waals surface area contributed by atoms with Gasteiger partial charge in [0, 0.05) is 0 Å². The van der Waals surface area contributed by atoms with E-state index >= 15 is 0 Å². The molecule has 0 bridgehead atoms. The van der Waals surface area contributed by atoms with Gasteiger partial charge in [-0.25, -0.2) is 0 Å². The highest BCUT2D eigenvalue weighted by atomic mass is 16.4. The molecule has 0 aromatic carbocycles. The quantitative estimate of drug-likeness (QED) is 0.0325. The lowest BCUT2D eigenvalue weighted by Crippen LogP contribution is -2.58. The number of aliphatic carboxylic acids is 1. The molecule has 0 heterocycles. The highest BCUT2D eigenvalue weighted by Gasteiger charge is 2.29. The lowest BCUT2D eigenvalue weighted by atomic mass is 10.1. The number of carbonyl (C=O) groups is 6. The van der Waals surface area contributed by atoms with Gasteiger partial charge in [0.15, 0.2) is 0 Å². The molecule has 0 fully saturated rings. The fourth-order valence-electron chi connectivity index (χ4n) is 4.70. The third-order valence-corrected chi connectivity index (χ3v) is 7.56. The van der Waals surface area contributed by atoms with Gasteiger partial charge in [0.1, 0.15) is 30.7 Å². The van der Waals surface area contributed by atoms with Gasteiger partial charge in [-0.2, -0.15) is 0 Å². The molecule has 0 unspecified atom stereocenters. The lowest BCUT2D eigenvalue weighted by Gasteiger charge is -2.24. The van der Waals surface area contributed by atoms with E-state index in [9.17, 15) is 33.9 Å². The van der Waals surface area contributed by atoms with Crippen molar-refractivity contribution in [3.05, 3.63) is 0 Å². The number of aliphatic hydroxyl groups excluding tert-OH is 1. The predicted molar refractivity (Wildman–Crippen MR) is 190 cm³/mol.